The van der Waals surface area contributed by atoms with Crippen molar-refractivity contribution in [3.63, 3.8) is 0 Å². The molecule has 0 atom stereocenters. The SMILES string of the molecule is CCOC(=O)c1c(C)cc2c(-c3ccccc3OC)n[n+]([O-])c(Cl)c2c1C. The molecule has 7 heteroatoms. The van der Waals surface area contributed by atoms with E-state index >= 15 is 0 Å². The van der Waals surface area contributed by atoms with Gasteiger partial charge in [-0.15, -0.1) is 0 Å². The molecule has 140 valence electrons. The Hall–Kier alpha value is -2.86. The number of nitrogens with zero attached hydrogens (tertiary/aromatic N) is 2. The summed E-state index contributed by atoms with van der Waals surface area (Å²) in [5.74, 6) is 0.136. The van der Waals surface area contributed by atoms with Crippen LogP contribution in [0.4, 0.5) is 0 Å². The van der Waals surface area contributed by atoms with Gasteiger partial charge in [-0.3, -0.25) is 0 Å². The van der Waals surface area contributed by atoms with Gasteiger partial charge in [0.2, 0.25) is 0 Å². The Labute approximate surface area is 161 Å². The third-order valence-electron chi connectivity index (χ3n) is 4.44. The van der Waals surface area contributed by atoms with Crippen LogP contribution in [0.2, 0.25) is 5.15 Å². The highest BCUT2D eigenvalue weighted by molar-refractivity contribution is 6.34. The van der Waals surface area contributed by atoms with Crippen LogP contribution < -0.4 is 9.58 Å². The van der Waals surface area contributed by atoms with Gasteiger partial charge >= 0.3 is 11.1 Å². The van der Waals surface area contributed by atoms with Crippen molar-refractivity contribution < 1.29 is 19.1 Å². The van der Waals surface area contributed by atoms with Crippen LogP contribution in [0.15, 0.2) is 30.3 Å². The fourth-order valence-corrected chi connectivity index (χ4v) is 3.56. The predicted molar refractivity (Wildman–Crippen MR) is 103 cm³/mol. The lowest BCUT2D eigenvalue weighted by Crippen LogP contribution is -2.33. The van der Waals surface area contributed by atoms with Crippen molar-refractivity contribution in [2.75, 3.05) is 13.7 Å². The molecule has 0 N–H and O–H groups in total. The molecule has 0 unspecified atom stereocenters. The number of ether oxygens (including phenoxy) is 2. The highest BCUT2D eigenvalue weighted by Gasteiger charge is 2.26. The number of fused-ring (bicyclic) bond motifs is 1. The molecule has 27 heavy (non-hydrogen) atoms. The van der Waals surface area contributed by atoms with Crippen LogP contribution in [-0.4, -0.2) is 24.8 Å². The van der Waals surface area contributed by atoms with Crippen LogP contribution in [0.3, 0.4) is 0 Å². The zero-order valence-electron chi connectivity index (χ0n) is 15.5. The summed E-state index contributed by atoms with van der Waals surface area (Å²) < 4.78 is 10.6. The van der Waals surface area contributed by atoms with Gasteiger partial charge in [0.1, 0.15) is 5.75 Å². The number of halogens is 1. The van der Waals surface area contributed by atoms with Gasteiger partial charge in [-0.2, -0.15) is 0 Å². The number of hydrogen-bond acceptors (Lipinski definition) is 5. The summed E-state index contributed by atoms with van der Waals surface area (Å²) in [5, 5.41) is 17.5. The summed E-state index contributed by atoms with van der Waals surface area (Å²) >= 11 is 6.28. The highest BCUT2D eigenvalue weighted by Crippen LogP contribution is 2.37. The van der Waals surface area contributed by atoms with Gasteiger partial charge in [-0.05, 0) is 66.5 Å². The van der Waals surface area contributed by atoms with E-state index in [2.05, 4.69) is 5.10 Å². The molecule has 1 aromatic heterocycles. The molecule has 0 bridgehead atoms. The second-order valence-electron chi connectivity index (χ2n) is 6.05. The minimum atomic E-state index is -0.446. The fraction of sp³-hybridized carbons (Fsp3) is 0.250. The summed E-state index contributed by atoms with van der Waals surface area (Å²) in [7, 11) is 1.55. The molecule has 0 fully saturated rings. The van der Waals surface area contributed by atoms with Crippen molar-refractivity contribution in [1.82, 2.24) is 5.10 Å². The Kier molecular flexibility index (Phi) is 5.19. The van der Waals surface area contributed by atoms with Crippen molar-refractivity contribution in [1.29, 1.82) is 0 Å². The van der Waals surface area contributed by atoms with Gasteiger partial charge in [-0.25, -0.2) is 4.79 Å². The van der Waals surface area contributed by atoms with Gasteiger partial charge in [-0.1, -0.05) is 12.1 Å². The summed E-state index contributed by atoms with van der Waals surface area (Å²) in [5.41, 5.74) is 2.80. The zero-order chi connectivity index (χ0) is 19.7. The first-order valence-electron chi connectivity index (χ1n) is 8.44. The number of carbonyl (C=O) groups is 1. The summed E-state index contributed by atoms with van der Waals surface area (Å²) in [6.07, 6.45) is 0. The van der Waals surface area contributed by atoms with E-state index < -0.39 is 5.97 Å². The fourth-order valence-electron chi connectivity index (χ4n) is 3.28. The van der Waals surface area contributed by atoms with Crippen molar-refractivity contribution in [3.8, 4) is 17.0 Å². The number of methoxy groups -OCH3 is 1. The Morgan fingerprint density at radius 1 is 1.30 bits per heavy atom. The number of rotatable bonds is 4. The summed E-state index contributed by atoms with van der Waals surface area (Å²) in [6.45, 7) is 5.57. The van der Waals surface area contributed by atoms with E-state index in [-0.39, 0.29) is 11.8 Å². The van der Waals surface area contributed by atoms with Crippen LogP contribution in [0, 0.1) is 19.1 Å². The maximum Gasteiger partial charge on any atom is 0.338 e. The van der Waals surface area contributed by atoms with Crippen LogP contribution in [0.1, 0.15) is 28.4 Å². The molecule has 0 aliphatic heterocycles. The number of esters is 1. The van der Waals surface area contributed by atoms with Crippen LogP contribution >= 0.6 is 11.6 Å². The second kappa shape index (κ2) is 7.40. The Morgan fingerprint density at radius 2 is 2.00 bits per heavy atom. The number of benzene rings is 2. The molecule has 0 saturated heterocycles. The van der Waals surface area contributed by atoms with E-state index in [1.54, 1.807) is 33.1 Å². The van der Waals surface area contributed by atoms with E-state index in [9.17, 15) is 10.0 Å². The van der Waals surface area contributed by atoms with Crippen LogP contribution in [-0.2, 0) is 4.74 Å². The van der Waals surface area contributed by atoms with E-state index in [1.807, 2.05) is 25.1 Å². The van der Waals surface area contributed by atoms with E-state index in [0.29, 0.717) is 43.8 Å². The number of carbonyl (C=O) groups excluding carboxylic acids is 1. The molecule has 0 radical (unpaired) electrons. The smallest absolute Gasteiger partial charge is 0.338 e. The van der Waals surface area contributed by atoms with Gasteiger partial charge in [0.05, 0.1) is 24.7 Å². The molecular weight excluding hydrogens is 368 g/mol. The minimum absolute atomic E-state index is 0.0910. The molecule has 1 heterocycles. The van der Waals surface area contributed by atoms with E-state index in [4.69, 9.17) is 21.1 Å². The molecule has 0 amide bonds. The number of hydrogen-bond donors (Lipinski definition) is 0. The lowest BCUT2D eigenvalue weighted by Gasteiger charge is -2.15. The average molecular weight is 387 g/mol. The third-order valence-corrected chi connectivity index (χ3v) is 4.77. The van der Waals surface area contributed by atoms with Crippen molar-refractivity contribution in [2.45, 2.75) is 20.8 Å². The van der Waals surface area contributed by atoms with E-state index in [1.165, 1.54) is 0 Å². The predicted octanol–water partition coefficient (Wildman–Crippen LogP) is 3.99. The van der Waals surface area contributed by atoms with Gasteiger partial charge in [0, 0.05) is 16.0 Å². The van der Waals surface area contributed by atoms with E-state index in [0.717, 1.165) is 5.56 Å². The van der Waals surface area contributed by atoms with Crippen LogP contribution in [0.25, 0.3) is 22.0 Å². The Bertz CT molecular complexity index is 1050. The van der Waals surface area contributed by atoms with Crippen molar-refractivity contribution in [2.24, 2.45) is 0 Å². The zero-order valence-corrected chi connectivity index (χ0v) is 16.3. The molecule has 3 aromatic rings. The van der Waals surface area contributed by atoms with Crippen molar-refractivity contribution in [3.05, 3.63) is 57.4 Å². The molecule has 0 spiro atoms. The van der Waals surface area contributed by atoms with Gasteiger partial charge in [0.25, 0.3) is 0 Å². The Morgan fingerprint density at radius 3 is 2.67 bits per heavy atom. The monoisotopic (exact) mass is 386 g/mol. The standard InChI is InChI=1S/C20H19ClN2O4/c1-5-27-20(24)16-11(2)10-14-17(12(16)3)19(21)23(25)22-18(14)13-8-6-7-9-15(13)26-4/h6-10H,5H2,1-4H3. The Balaban J connectivity index is 2.42. The summed E-state index contributed by atoms with van der Waals surface area (Å²) in [6, 6.07) is 9.08. The lowest BCUT2D eigenvalue weighted by atomic mass is 9.94. The first kappa shape index (κ1) is 18.9. The number of aromatic nitrogens is 2. The third kappa shape index (κ3) is 3.17. The molecule has 0 aliphatic carbocycles. The quantitative estimate of drug-likeness (QED) is 0.385. The topological polar surface area (TPSA) is 75.4 Å². The maximum absolute atomic E-state index is 12.4. The normalized spacial score (nSPS) is 10.9. The number of aryl methyl sites for hydroxylation is 2. The first-order valence-corrected chi connectivity index (χ1v) is 8.82. The van der Waals surface area contributed by atoms with Crippen LogP contribution in [0.5, 0.6) is 5.75 Å². The number of para-hydroxylation sites is 1. The molecule has 0 saturated carbocycles. The molecule has 0 aliphatic rings. The van der Waals surface area contributed by atoms with Crippen molar-refractivity contribution >= 4 is 28.3 Å². The molecule has 3 rings (SSSR count). The van der Waals surface area contributed by atoms with Gasteiger partial charge in [0.15, 0.2) is 5.69 Å². The molecule has 2 aromatic carbocycles. The summed E-state index contributed by atoms with van der Waals surface area (Å²) in [4.78, 5) is 12.8. The first-order chi connectivity index (χ1) is 12.9. The molecular formula is C20H19ClN2O4. The highest BCUT2D eigenvalue weighted by atomic mass is 35.5. The largest absolute Gasteiger partial charge is 0.593 e. The minimum Gasteiger partial charge on any atom is -0.593 e. The average Bonchev–Trinajstić information content (AvgIpc) is 2.64. The van der Waals surface area contributed by atoms with Gasteiger partial charge < -0.3 is 14.7 Å². The molecule has 6 nitrogen and oxygen atoms in total. The second-order valence-corrected chi connectivity index (χ2v) is 6.41. The maximum atomic E-state index is 12.4. The lowest BCUT2D eigenvalue weighted by molar-refractivity contribution is -0.664.